The number of likely N-dealkylation sites (tertiary alicyclic amines) is 1. The number of hydrogen-bond acceptors (Lipinski definition) is 2. The summed E-state index contributed by atoms with van der Waals surface area (Å²) in [4.78, 5) is 13.8. The summed E-state index contributed by atoms with van der Waals surface area (Å²) >= 11 is 0. The molecule has 1 aromatic rings. The molecule has 1 amide bonds. The molecule has 3 nitrogen and oxygen atoms in total. The van der Waals surface area contributed by atoms with Gasteiger partial charge in [0.05, 0.1) is 6.04 Å². The van der Waals surface area contributed by atoms with Crippen molar-refractivity contribution in [2.75, 3.05) is 13.6 Å². The van der Waals surface area contributed by atoms with E-state index in [1.54, 1.807) is 4.90 Å². The zero-order chi connectivity index (χ0) is 14.5. The van der Waals surface area contributed by atoms with E-state index in [0.717, 1.165) is 37.8 Å². The number of halogens is 1. The minimum atomic E-state index is -0.223. The van der Waals surface area contributed by atoms with Gasteiger partial charge in [-0.2, -0.15) is 0 Å². The second kappa shape index (κ2) is 6.84. The van der Waals surface area contributed by atoms with Crippen molar-refractivity contribution in [3.63, 3.8) is 0 Å². The van der Waals surface area contributed by atoms with E-state index in [1.807, 2.05) is 19.2 Å². The number of benzene rings is 1. The van der Waals surface area contributed by atoms with Gasteiger partial charge in [0.1, 0.15) is 5.82 Å². The third-order valence-corrected chi connectivity index (χ3v) is 3.95. The van der Waals surface area contributed by atoms with Crippen molar-refractivity contribution in [3.8, 4) is 0 Å². The fourth-order valence-corrected chi connectivity index (χ4v) is 2.67. The molecule has 1 aliphatic rings. The van der Waals surface area contributed by atoms with Crippen LogP contribution >= 0.6 is 0 Å². The molecule has 2 rings (SSSR count). The molecule has 20 heavy (non-hydrogen) atoms. The lowest BCUT2D eigenvalue weighted by Gasteiger charge is -2.22. The first-order valence-corrected chi connectivity index (χ1v) is 7.38. The molecule has 2 atom stereocenters. The van der Waals surface area contributed by atoms with E-state index in [2.05, 4.69) is 12.2 Å². The summed E-state index contributed by atoms with van der Waals surface area (Å²) in [5.41, 5.74) is 1.06. The minimum absolute atomic E-state index is 0.105. The predicted molar refractivity (Wildman–Crippen MR) is 77.8 cm³/mol. The van der Waals surface area contributed by atoms with Gasteiger partial charge < -0.3 is 4.90 Å². The van der Waals surface area contributed by atoms with E-state index < -0.39 is 0 Å². The van der Waals surface area contributed by atoms with Crippen molar-refractivity contribution in [1.82, 2.24) is 10.2 Å². The number of carbonyl (C=O) groups excluding carboxylic acids is 1. The van der Waals surface area contributed by atoms with Crippen LogP contribution in [0.25, 0.3) is 0 Å². The standard InChI is InChI=1S/C16H23FN2O/c1-3-4-5-14(12-6-8-13(17)9-7-12)18-15-10-11-19(2)16(15)20/h6-9,14-15,18H,3-5,10-11H2,1-2H3. The van der Waals surface area contributed by atoms with Crippen LogP contribution in [0, 0.1) is 5.82 Å². The van der Waals surface area contributed by atoms with Gasteiger partial charge in [0.15, 0.2) is 0 Å². The Bertz CT molecular complexity index is 446. The molecule has 4 heteroatoms. The molecule has 1 heterocycles. The molecule has 1 saturated heterocycles. The maximum atomic E-state index is 13.0. The van der Waals surface area contributed by atoms with Crippen molar-refractivity contribution in [3.05, 3.63) is 35.6 Å². The largest absolute Gasteiger partial charge is 0.344 e. The van der Waals surface area contributed by atoms with E-state index >= 15 is 0 Å². The molecule has 1 aromatic carbocycles. The average Bonchev–Trinajstić information content (AvgIpc) is 2.76. The van der Waals surface area contributed by atoms with Gasteiger partial charge in [-0.1, -0.05) is 31.9 Å². The van der Waals surface area contributed by atoms with Gasteiger partial charge in [-0.05, 0) is 30.5 Å². The molecule has 1 fully saturated rings. The normalized spacial score (nSPS) is 20.4. The topological polar surface area (TPSA) is 32.3 Å². The third-order valence-electron chi connectivity index (χ3n) is 3.95. The summed E-state index contributed by atoms with van der Waals surface area (Å²) in [6.45, 7) is 2.95. The van der Waals surface area contributed by atoms with E-state index in [9.17, 15) is 9.18 Å². The van der Waals surface area contributed by atoms with Crippen molar-refractivity contribution < 1.29 is 9.18 Å². The van der Waals surface area contributed by atoms with Crippen molar-refractivity contribution in [2.24, 2.45) is 0 Å². The first kappa shape index (κ1) is 15.0. The zero-order valence-corrected chi connectivity index (χ0v) is 12.2. The molecule has 1 aliphatic heterocycles. The van der Waals surface area contributed by atoms with Gasteiger partial charge in [-0.25, -0.2) is 4.39 Å². The van der Waals surface area contributed by atoms with E-state index in [4.69, 9.17) is 0 Å². The van der Waals surface area contributed by atoms with Crippen LogP contribution in [-0.2, 0) is 4.79 Å². The number of carbonyl (C=O) groups is 1. The van der Waals surface area contributed by atoms with Gasteiger partial charge in [0.2, 0.25) is 5.91 Å². The highest BCUT2D eigenvalue weighted by Crippen LogP contribution is 2.22. The summed E-state index contributed by atoms with van der Waals surface area (Å²) in [5.74, 6) is -0.0618. The summed E-state index contributed by atoms with van der Waals surface area (Å²) in [5, 5.41) is 3.45. The third kappa shape index (κ3) is 3.57. The maximum absolute atomic E-state index is 13.0. The van der Waals surface area contributed by atoms with Gasteiger partial charge in [0.25, 0.3) is 0 Å². The highest BCUT2D eigenvalue weighted by molar-refractivity contribution is 5.83. The van der Waals surface area contributed by atoms with Crippen LogP contribution in [-0.4, -0.2) is 30.4 Å². The molecule has 2 unspecified atom stereocenters. The Morgan fingerprint density at radius 1 is 1.40 bits per heavy atom. The predicted octanol–water partition coefficient (Wildman–Crippen LogP) is 2.88. The number of hydrogen-bond donors (Lipinski definition) is 1. The van der Waals surface area contributed by atoms with Crippen LogP contribution in [0.4, 0.5) is 4.39 Å². The lowest BCUT2D eigenvalue weighted by Crippen LogP contribution is -2.39. The minimum Gasteiger partial charge on any atom is -0.344 e. The van der Waals surface area contributed by atoms with E-state index in [1.165, 1.54) is 12.1 Å². The maximum Gasteiger partial charge on any atom is 0.239 e. The Morgan fingerprint density at radius 2 is 2.10 bits per heavy atom. The first-order chi connectivity index (χ1) is 9.61. The molecular weight excluding hydrogens is 255 g/mol. The second-order valence-corrected chi connectivity index (χ2v) is 5.51. The Hall–Kier alpha value is -1.42. The van der Waals surface area contributed by atoms with Crippen LogP contribution in [0.15, 0.2) is 24.3 Å². The Labute approximate surface area is 120 Å². The quantitative estimate of drug-likeness (QED) is 0.868. The second-order valence-electron chi connectivity index (χ2n) is 5.51. The SMILES string of the molecule is CCCCC(NC1CCN(C)C1=O)c1ccc(F)cc1. The molecule has 0 bridgehead atoms. The van der Waals surface area contributed by atoms with Crippen LogP contribution in [0.1, 0.15) is 44.2 Å². The van der Waals surface area contributed by atoms with E-state index in [0.29, 0.717) is 0 Å². The number of amides is 1. The van der Waals surface area contributed by atoms with Crippen LogP contribution < -0.4 is 5.32 Å². The Balaban J connectivity index is 2.07. The number of nitrogens with zero attached hydrogens (tertiary/aromatic N) is 1. The lowest BCUT2D eigenvalue weighted by atomic mass is 9.99. The number of nitrogens with one attached hydrogen (secondary N) is 1. The van der Waals surface area contributed by atoms with Gasteiger partial charge in [0, 0.05) is 19.6 Å². The zero-order valence-electron chi connectivity index (χ0n) is 12.2. The number of rotatable bonds is 6. The lowest BCUT2D eigenvalue weighted by molar-refractivity contribution is -0.128. The molecule has 0 spiro atoms. The van der Waals surface area contributed by atoms with Gasteiger partial charge >= 0.3 is 0 Å². The van der Waals surface area contributed by atoms with Crippen LogP contribution in [0.3, 0.4) is 0 Å². The summed E-state index contributed by atoms with van der Waals surface area (Å²) in [6, 6.07) is 6.61. The van der Waals surface area contributed by atoms with Gasteiger partial charge in [-0.15, -0.1) is 0 Å². The Kier molecular flexibility index (Phi) is 5.12. The van der Waals surface area contributed by atoms with Gasteiger partial charge in [-0.3, -0.25) is 10.1 Å². The van der Waals surface area contributed by atoms with Crippen LogP contribution in [0.2, 0.25) is 0 Å². The Morgan fingerprint density at radius 3 is 2.65 bits per heavy atom. The highest BCUT2D eigenvalue weighted by Gasteiger charge is 2.30. The van der Waals surface area contributed by atoms with Crippen LogP contribution in [0.5, 0.6) is 0 Å². The summed E-state index contributed by atoms with van der Waals surface area (Å²) in [6.07, 6.45) is 4.01. The van der Waals surface area contributed by atoms with Crippen molar-refractivity contribution in [2.45, 2.75) is 44.7 Å². The molecule has 0 aliphatic carbocycles. The summed E-state index contributed by atoms with van der Waals surface area (Å²) < 4.78 is 13.0. The molecular formula is C16H23FN2O. The molecule has 0 radical (unpaired) electrons. The molecule has 1 N–H and O–H groups in total. The average molecular weight is 278 g/mol. The van der Waals surface area contributed by atoms with E-state index in [-0.39, 0.29) is 23.8 Å². The number of unbranched alkanes of at least 4 members (excludes halogenated alkanes) is 1. The fourth-order valence-electron chi connectivity index (χ4n) is 2.67. The van der Waals surface area contributed by atoms with Crippen molar-refractivity contribution in [1.29, 1.82) is 0 Å². The molecule has 0 aromatic heterocycles. The highest BCUT2D eigenvalue weighted by atomic mass is 19.1. The summed E-state index contributed by atoms with van der Waals surface area (Å²) in [7, 11) is 1.84. The fraction of sp³-hybridized carbons (Fsp3) is 0.562. The molecule has 110 valence electrons. The first-order valence-electron chi connectivity index (χ1n) is 7.38. The number of likely N-dealkylation sites (N-methyl/N-ethyl adjacent to an activating group) is 1. The molecule has 0 saturated carbocycles. The van der Waals surface area contributed by atoms with Crippen molar-refractivity contribution >= 4 is 5.91 Å². The smallest absolute Gasteiger partial charge is 0.239 e. The monoisotopic (exact) mass is 278 g/mol.